The Hall–Kier alpha value is -2.46. The fourth-order valence-corrected chi connectivity index (χ4v) is 6.36. The lowest BCUT2D eigenvalue weighted by molar-refractivity contribution is -0.134. The van der Waals surface area contributed by atoms with E-state index in [1.54, 1.807) is 11.9 Å². The van der Waals surface area contributed by atoms with Crippen LogP contribution < -0.4 is 15.5 Å². The number of urea groups is 2. The number of halogens is 1. The Morgan fingerprint density at radius 1 is 1.17 bits per heavy atom. The summed E-state index contributed by atoms with van der Waals surface area (Å²) in [4.78, 5) is 47.6. The number of carbonyl (C=O) groups excluding carboxylic acids is 3. The van der Waals surface area contributed by atoms with Crippen LogP contribution in [0.25, 0.3) is 0 Å². The number of nitrogens with zero attached hydrogens (tertiary/aromatic N) is 4. The number of aryl methyl sites for hydroxylation is 1. The Morgan fingerprint density at radius 3 is 2.69 bits per heavy atom. The van der Waals surface area contributed by atoms with E-state index in [9.17, 15) is 14.4 Å². The van der Waals surface area contributed by atoms with Crippen molar-refractivity contribution in [3.05, 3.63) is 29.3 Å². The third kappa shape index (κ3) is 4.82. The van der Waals surface area contributed by atoms with Crippen molar-refractivity contribution in [2.45, 2.75) is 42.2 Å². The number of fused-ring (bicyclic) bond motifs is 2. The van der Waals surface area contributed by atoms with Gasteiger partial charge in [0.25, 0.3) is 0 Å². The van der Waals surface area contributed by atoms with E-state index >= 15 is 0 Å². The molecule has 0 aromatic heterocycles. The minimum atomic E-state index is -0.317. The number of amides is 5. The number of nitrogens with one attached hydrogen (secondary N) is 2. The van der Waals surface area contributed by atoms with Crippen LogP contribution in [-0.2, 0) is 16.6 Å². The molecule has 0 radical (unpaired) electrons. The maximum atomic E-state index is 13.3. The van der Waals surface area contributed by atoms with Gasteiger partial charge in [-0.25, -0.2) is 9.59 Å². The van der Waals surface area contributed by atoms with Crippen molar-refractivity contribution in [1.29, 1.82) is 0 Å². The second-order valence-electron chi connectivity index (χ2n) is 9.64. The van der Waals surface area contributed by atoms with Crippen LogP contribution in [0.4, 0.5) is 15.3 Å². The summed E-state index contributed by atoms with van der Waals surface area (Å²) in [6, 6.07) is 5.91. The molecule has 4 aliphatic rings. The molecule has 2 atom stereocenters. The number of likely N-dealkylation sites (tertiary alicyclic amines) is 2. The predicted octanol–water partition coefficient (Wildman–Crippen LogP) is 2.72. The maximum absolute atomic E-state index is 13.3. The minimum absolute atomic E-state index is 0.100. The molecule has 1 aromatic rings. The molecule has 1 spiro atoms. The molecule has 9 nitrogen and oxygen atoms in total. The van der Waals surface area contributed by atoms with E-state index < -0.39 is 0 Å². The van der Waals surface area contributed by atoms with Gasteiger partial charge >= 0.3 is 12.1 Å². The molecule has 4 aliphatic heterocycles. The van der Waals surface area contributed by atoms with Gasteiger partial charge in [0.2, 0.25) is 5.91 Å². The Morgan fingerprint density at radius 2 is 2.00 bits per heavy atom. The number of alkyl halides is 1. The van der Waals surface area contributed by atoms with Crippen LogP contribution in [0.1, 0.15) is 36.8 Å². The lowest BCUT2D eigenvalue weighted by atomic mass is 9.80. The first kappa shape index (κ1) is 24.2. The molecule has 0 saturated carbocycles. The van der Waals surface area contributed by atoms with Crippen LogP contribution in [0.2, 0.25) is 0 Å². The zero-order valence-electron chi connectivity index (χ0n) is 19.9. The van der Waals surface area contributed by atoms with Gasteiger partial charge in [-0.15, -0.1) is 11.6 Å². The monoisotopic (exact) mass is 518 g/mol. The zero-order valence-corrected chi connectivity index (χ0v) is 21.5. The fourth-order valence-electron chi connectivity index (χ4n) is 5.35. The predicted molar refractivity (Wildman–Crippen MR) is 138 cm³/mol. The average molecular weight is 519 g/mol. The molecular weight excluding hydrogens is 488 g/mol. The molecule has 2 fully saturated rings. The number of hydrogen-bond acceptors (Lipinski definition) is 5. The van der Waals surface area contributed by atoms with E-state index in [0.29, 0.717) is 37.8 Å². The fraction of sp³-hybridized carbons (Fsp3) is 0.583. The molecule has 2 N–H and O–H groups in total. The SMILES string of the molecule is CNC(=O)N1CCC2(C1)CN(C(=O)NC1=NCC(Cl)S1)c1ccc(CCCC(=O)N3CCC3)cc12. The molecule has 2 saturated heterocycles. The topological polar surface area (TPSA) is 97.4 Å². The van der Waals surface area contributed by atoms with E-state index in [-0.39, 0.29) is 28.1 Å². The number of thioether (sulfide) groups is 1. The average Bonchev–Trinajstić information content (AvgIpc) is 3.50. The van der Waals surface area contributed by atoms with Crippen molar-refractivity contribution in [2.75, 3.05) is 51.2 Å². The van der Waals surface area contributed by atoms with Crippen molar-refractivity contribution in [3.63, 3.8) is 0 Å². The number of anilines is 1. The molecule has 1 aromatic carbocycles. The van der Waals surface area contributed by atoms with Crippen LogP contribution in [0.3, 0.4) is 0 Å². The highest BCUT2D eigenvalue weighted by molar-refractivity contribution is 8.15. The van der Waals surface area contributed by atoms with E-state index in [1.165, 1.54) is 11.8 Å². The summed E-state index contributed by atoms with van der Waals surface area (Å²) in [6.45, 7) is 3.94. The van der Waals surface area contributed by atoms with Gasteiger partial charge in [-0.1, -0.05) is 23.9 Å². The van der Waals surface area contributed by atoms with Crippen molar-refractivity contribution in [2.24, 2.45) is 4.99 Å². The zero-order chi connectivity index (χ0) is 24.6. The number of aliphatic imine (C=N–C) groups is 1. The summed E-state index contributed by atoms with van der Waals surface area (Å²) < 4.78 is -0.158. The van der Waals surface area contributed by atoms with E-state index in [0.717, 1.165) is 55.6 Å². The number of amidine groups is 1. The second kappa shape index (κ2) is 9.89. The summed E-state index contributed by atoms with van der Waals surface area (Å²) in [6.07, 6.45) is 4.05. The molecule has 0 bridgehead atoms. The third-order valence-corrected chi connectivity index (χ3v) is 8.65. The molecule has 5 amide bonds. The Kier molecular flexibility index (Phi) is 6.85. The van der Waals surface area contributed by atoms with Crippen LogP contribution in [0, 0.1) is 0 Å². The van der Waals surface area contributed by atoms with Gasteiger partial charge in [-0.2, -0.15) is 0 Å². The summed E-state index contributed by atoms with van der Waals surface area (Å²) in [5.41, 5.74) is 2.80. The minimum Gasteiger partial charge on any atom is -0.343 e. The van der Waals surface area contributed by atoms with Crippen LogP contribution in [0.5, 0.6) is 0 Å². The first-order valence-electron chi connectivity index (χ1n) is 12.2. The van der Waals surface area contributed by atoms with Crippen molar-refractivity contribution in [3.8, 4) is 0 Å². The van der Waals surface area contributed by atoms with E-state index in [1.807, 2.05) is 21.9 Å². The van der Waals surface area contributed by atoms with Gasteiger partial charge in [0.1, 0.15) is 4.71 Å². The third-order valence-electron chi connectivity index (χ3n) is 7.38. The first-order valence-corrected chi connectivity index (χ1v) is 13.5. The molecule has 35 heavy (non-hydrogen) atoms. The first-order chi connectivity index (χ1) is 16.9. The summed E-state index contributed by atoms with van der Waals surface area (Å²) in [5, 5.41) is 6.17. The molecule has 188 valence electrons. The Bertz CT molecular complexity index is 1060. The molecular formula is C24H31ClN6O3S. The Labute approximate surface area is 214 Å². The standard InChI is InChI=1S/C24H31ClN6O3S/c1-26-22(33)30-11-8-24(14-30)15-31(23(34)28-21-27-13-19(25)35-21)18-7-6-16(12-17(18)24)4-2-5-20(32)29-9-3-10-29/h6-7,12,19H,2-5,8-11,13-15H2,1H3,(H,26,33)(H,27,28,34). The number of benzene rings is 1. The molecule has 0 aliphatic carbocycles. The summed E-state index contributed by atoms with van der Waals surface area (Å²) >= 11 is 7.46. The van der Waals surface area contributed by atoms with Crippen molar-refractivity contribution in [1.82, 2.24) is 20.4 Å². The largest absolute Gasteiger partial charge is 0.343 e. The molecule has 2 unspecified atom stereocenters. The highest BCUT2D eigenvalue weighted by Crippen LogP contribution is 2.47. The van der Waals surface area contributed by atoms with Crippen LogP contribution >= 0.6 is 23.4 Å². The van der Waals surface area contributed by atoms with Crippen molar-refractivity contribution < 1.29 is 14.4 Å². The van der Waals surface area contributed by atoms with Gasteiger partial charge < -0.3 is 15.1 Å². The molecule has 4 heterocycles. The van der Waals surface area contributed by atoms with Crippen LogP contribution in [-0.4, -0.2) is 84.0 Å². The number of rotatable bonds is 4. The smallest absolute Gasteiger partial charge is 0.327 e. The van der Waals surface area contributed by atoms with Gasteiger partial charge in [-0.3, -0.25) is 20.0 Å². The van der Waals surface area contributed by atoms with Crippen LogP contribution in [0.15, 0.2) is 23.2 Å². The summed E-state index contributed by atoms with van der Waals surface area (Å²) in [5.74, 6) is 0.237. The summed E-state index contributed by atoms with van der Waals surface area (Å²) in [7, 11) is 1.64. The lowest BCUT2D eigenvalue weighted by Crippen LogP contribution is -2.45. The lowest BCUT2D eigenvalue weighted by Gasteiger charge is -2.30. The number of hydrogen-bond donors (Lipinski definition) is 2. The molecule has 11 heteroatoms. The van der Waals surface area contributed by atoms with Gasteiger partial charge in [0.15, 0.2) is 5.17 Å². The maximum Gasteiger partial charge on any atom is 0.327 e. The Balaban J connectivity index is 1.34. The highest BCUT2D eigenvalue weighted by atomic mass is 35.5. The highest BCUT2D eigenvalue weighted by Gasteiger charge is 2.50. The van der Waals surface area contributed by atoms with Crippen molar-refractivity contribution >= 4 is 52.2 Å². The van der Waals surface area contributed by atoms with Gasteiger partial charge in [0.05, 0.1) is 6.54 Å². The number of carbonyl (C=O) groups is 3. The van der Waals surface area contributed by atoms with Gasteiger partial charge in [-0.05, 0) is 42.9 Å². The van der Waals surface area contributed by atoms with E-state index in [2.05, 4.69) is 21.7 Å². The molecule has 5 rings (SSSR count). The van der Waals surface area contributed by atoms with Gasteiger partial charge in [0, 0.05) is 57.3 Å². The van der Waals surface area contributed by atoms with E-state index in [4.69, 9.17) is 11.6 Å². The second-order valence-corrected chi connectivity index (χ2v) is 11.6. The quantitative estimate of drug-likeness (QED) is 0.599. The normalized spacial score (nSPS) is 24.9.